The van der Waals surface area contributed by atoms with Gasteiger partial charge < -0.3 is 19.5 Å². The van der Waals surface area contributed by atoms with Crippen LogP contribution in [0.25, 0.3) is 0 Å². The molecule has 2 unspecified atom stereocenters. The number of rotatable bonds is 8. The van der Waals surface area contributed by atoms with E-state index in [4.69, 9.17) is 14.2 Å². The molecule has 0 radical (unpaired) electrons. The van der Waals surface area contributed by atoms with Gasteiger partial charge in [0.15, 0.2) is 11.4 Å². The van der Waals surface area contributed by atoms with Crippen LogP contribution in [0.3, 0.4) is 0 Å². The molecule has 1 fully saturated rings. The van der Waals surface area contributed by atoms with Crippen LogP contribution < -0.4 is 14.8 Å². The van der Waals surface area contributed by atoms with E-state index in [9.17, 15) is 14.4 Å². The molecule has 35 heavy (non-hydrogen) atoms. The molecule has 2 aromatic rings. The Balaban J connectivity index is 1.42. The zero-order valence-corrected chi connectivity index (χ0v) is 20.4. The van der Waals surface area contributed by atoms with Gasteiger partial charge in [-0.05, 0) is 56.1 Å². The number of nitrogens with zero attached hydrogens (tertiary/aromatic N) is 1. The normalized spacial score (nSPS) is 20.1. The minimum Gasteiger partial charge on any atom is -0.493 e. The van der Waals surface area contributed by atoms with Gasteiger partial charge in [0.25, 0.3) is 5.91 Å². The van der Waals surface area contributed by atoms with E-state index in [0.29, 0.717) is 5.92 Å². The van der Waals surface area contributed by atoms with E-state index in [0.717, 1.165) is 32.1 Å². The number of carbonyl (C=O) groups excluding carboxylic acids is 3. The predicted octanol–water partition coefficient (Wildman–Crippen LogP) is 3.97. The molecule has 1 aromatic carbocycles. The Morgan fingerprint density at radius 3 is 2.66 bits per heavy atom. The van der Waals surface area contributed by atoms with E-state index >= 15 is 0 Å². The van der Waals surface area contributed by atoms with Crippen molar-refractivity contribution in [1.82, 2.24) is 10.3 Å². The molecule has 186 valence electrons. The molecule has 2 aliphatic rings. The van der Waals surface area contributed by atoms with Crippen LogP contribution in [0.5, 0.6) is 11.5 Å². The number of aromatic nitrogens is 1. The molecule has 4 rings (SSSR count). The number of hydrogen-bond donors (Lipinski definition) is 1. The number of esters is 2. The average molecular weight is 481 g/mol. The summed E-state index contributed by atoms with van der Waals surface area (Å²) in [5, 5.41) is 2.63. The number of ether oxygens (including phenoxy) is 3. The lowest BCUT2D eigenvalue weighted by Crippen LogP contribution is -2.42. The summed E-state index contributed by atoms with van der Waals surface area (Å²) in [6.45, 7) is 3.63. The van der Waals surface area contributed by atoms with Gasteiger partial charge in [0, 0.05) is 24.6 Å². The van der Waals surface area contributed by atoms with Gasteiger partial charge in [-0.3, -0.25) is 9.59 Å². The smallest absolute Gasteiger partial charge is 0.328 e. The fraction of sp³-hybridized carbons (Fsp3) is 0.481. The molecule has 3 atom stereocenters. The lowest BCUT2D eigenvalue weighted by Gasteiger charge is -2.25. The highest BCUT2D eigenvalue weighted by molar-refractivity contribution is 5.98. The maximum absolute atomic E-state index is 13.0. The quantitative estimate of drug-likeness (QED) is 0.450. The van der Waals surface area contributed by atoms with Gasteiger partial charge in [0.2, 0.25) is 5.75 Å². The molecule has 1 N–H and O–H groups in total. The molecule has 0 aliphatic heterocycles. The molecule has 1 saturated carbocycles. The second-order valence-electron chi connectivity index (χ2n) is 9.36. The number of aryl methyl sites for hydroxylation is 1. The van der Waals surface area contributed by atoms with Gasteiger partial charge in [0.1, 0.15) is 12.1 Å². The molecule has 8 nitrogen and oxygen atoms in total. The van der Waals surface area contributed by atoms with E-state index in [-0.39, 0.29) is 35.6 Å². The summed E-state index contributed by atoms with van der Waals surface area (Å²) >= 11 is 0. The summed E-state index contributed by atoms with van der Waals surface area (Å²) in [6, 6.07) is 8.82. The highest BCUT2D eigenvalue weighted by Crippen LogP contribution is 2.35. The molecule has 0 bridgehead atoms. The average Bonchev–Trinajstić information content (AvgIpc) is 3.68. The molecular weight excluding hydrogens is 448 g/mol. The van der Waals surface area contributed by atoms with E-state index in [2.05, 4.69) is 29.4 Å². The second kappa shape index (κ2) is 10.9. The van der Waals surface area contributed by atoms with Gasteiger partial charge in [-0.25, -0.2) is 9.78 Å². The third-order valence-electron chi connectivity index (χ3n) is 6.68. The first-order valence-electron chi connectivity index (χ1n) is 12.2. The van der Waals surface area contributed by atoms with Crippen LogP contribution in [0.2, 0.25) is 0 Å². The summed E-state index contributed by atoms with van der Waals surface area (Å²) in [5.41, 5.74) is 2.36. The van der Waals surface area contributed by atoms with Gasteiger partial charge in [0.05, 0.1) is 7.11 Å². The number of nitrogens with one attached hydrogen (secondary N) is 1. The van der Waals surface area contributed by atoms with Crippen molar-refractivity contribution in [2.75, 3.05) is 7.11 Å². The Hall–Kier alpha value is -3.42. The first-order valence-corrected chi connectivity index (χ1v) is 12.2. The minimum atomic E-state index is -0.920. The van der Waals surface area contributed by atoms with Crippen molar-refractivity contribution in [3.05, 3.63) is 53.3 Å². The number of fused-ring (bicyclic) bond motifs is 1. The number of amides is 1. The molecular formula is C27H32N2O6. The summed E-state index contributed by atoms with van der Waals surface area (Å²) in [6.07, 6.45) is 6.01. The molecule has 1 aromatic heterocycles. The molecule has 0 spiro atoms. The Kier molecular flexibility index (Phi) is 7.68. The maximum Gasteiger partial charge on any atom is 0.328 e. The molecule has 8 heteroatoms. The van der Waals surface area contributed by atoms with Crippen molar-refractivity contribution < 1.29 is 28.6 Å². The molecule has 2 aliphatic carbocycles. The summed E-state index contributed by atoms with van der Waals surface area (Å²) in [4.78, 5) is 42.3. The van der Waals surface area contributed by atoms with E-state index in [1.165, 1.54) is 30.5 Å². The first-order chi connectivity index (χ1) is 16.9. The van der Waals surface area contributed by atoms with E-state index < -0.39 is 23.9 Å². The van der Waals surface area contributed by atoms with Crippen LogP contribution >= 0.6 is 0 Å². The monoisotopic (exact) mass is 480 g/mol. The van der Waals surface area contributed by atoms with Crippen molar-refractivity contribution in [3.8, 4) is 11.5 Å². The predicted molar refractivity (Wildman–Crippen MR) is 128 cm³/mol. The Morgan fingerprint density at radius 1 is 1.14 bits per heavy atom. The van der Waals surface area contributed by atoms with Crippen molar-refractivity contribution in [1.29, 1.82) is 0 Å². The van der Waals surface area contributed by atoms with Crippen LogP contribution in [0.1, 0.15) is 73.5 Å². The number of methoxy groups -OCH3 is 1. The summed E-state index contributed by atoms with van der Waals surface area (Å²) in [5.74, 6) is -1.06. The van der Waals surface area contributed by atoms with E-state index in [1.54, 1.807) is 6.92 Å². The molecule has 1 amide bonds. The Labute approximate surface area is 205 Å². The minimum absolute atomic E-state index is 0.0484. The van der Waals surface area contributed by atoms with Crippen LogP contribution in [0, 0.1) is 5.92 Å². The molecule has 0 saturated heterocycles. The largest absolute Gasteiger partial charge is 0.493 e. The standard InChI is InChI=1S/C27H32N2O6/c1-16-20-9-5-4-7-19(20)8-6-10-21(16)34-27(32)17(2)29-26(31)24-25(22(33-3)13-14-28-24)35-23(30)15-18-11-12-18/h4-5,7,9,13-14,16-18,21H,6,8,10-12,15H2,1-3H3,(H,29,31)/t16?,17-,21?/m0/s1. The van der Waals surface area contributed by atoms with Crippen LogP contribution in [0.15, 0.2) is 36.5 Å². The van der Waals surface area contributed by atoms with Crippen LogP contribution in [0.4, 0.5) is 0 Å². The van der Waals surface area contributed by atoms with Crippen LogP contribution in [-0.2, 0) is 20.7 Å². The number of hydrogen-bond acceptors (Lipinski definition) is 7. The maximum atomic E-state index is 13.0. The first kappa shape index (κ1) is 24.7. The van der Waals surface area contributed by atoms with Gasteiger partial charge in [-0.1, -0.05) is 31.2 Å². The van der Waals surface area contributed by atoms with Crippen molar-refractivity contribution in [2.45, 2.75) is 70.4 Å². The van der Waals surface area contributed by atoms with Crippen molar-refractivity contribution >= 4 is 17.8 Å². The van der Waals surface area contributed by atoms with Gasteiger partial charge >= 0.3 is 11.9 Å². The number of carbonyl (C=O) groups is 3. The summed E-state index contributed by atoms with van der Waals surface area (Å²) in [7, 11) is 1.42. The highest BCUT2D eigenvalue weighted by atomic mass is 16.6. The Morgan fingerprint density at radius 2 is 1.91 bits per heavy atom. The van der Waals surface area contributed by atoms with Crippen molar-refractivity contribution in [3.63, 3.8) is 0 Å². The number of pyridine rings is 1. The third kappa shape index (κ3) is 5.99. The fourth-order valence-electron chi connectivity index (χ4n) is 4.45. The van der Waals surface area contributed by atoms with E-state index in [1.807, 2.05) is 12.1 Å². The van der Waals surface area contributed by atoms with Crippen molar-refractivity contribution in [2.24, 2.45) is 5.92 Å². The van der Waals surface area contributed by atoms with Crippen LogP contribution in [-0.4, -0.2) is 42.1 Å². The zero-order chi connectivity index (χ0) is 24.9. The topological polar surface area (TPSA) is 104 Å². The lowest BCUT2D eigenvalue weighted by atomic mass is 9.92. The molecule has 1 heterocycles. The number of benzene rings is 1. The van der Waals surface area contributed by atoms with Gasteiger partial charge in [-0.15, -0.1) is 0 Å². The summed E-state index contributed by atoms with van der Waals surface area (Å²) < 4.78 is 16.6. The third-order valence-corrected chi connectivity index (χ3v) is 6.68. The zero-order valence-electron chi connectivity index (χ0n) is 20.4. The second-order valence-corrected chi connectivity index (χ2v) is 9.36. The highest BCUT2D eigenvalue weighted by Gasteiger charge is 2.31. The lowest BCUT2D eigenvalue weighted by molar-refractivity contribution is -0.152. The SMILES string of the molecule is COc1ccnc(C(=O)N[C@@H](C)C(=O)OC2CCCc3ccccc3C2C)c1OC(=O)CC1CC1. The Bertz CT molecular complexity index is 1100. The van der Waals surface area contributed by atoms with Gasteiger partial charge in [-0.2, -0.15) is 0 Å². The fourth-order valence-corrected chi connectivity index (χ4v) is 4.45.